The van der Waals surface area contributed by atoms with Crippen LogP contribution < -0.4 is 19.8 Å². The van der Waals surface area contributed by atoms with E-state index in [1.54, 1.807) is 11.7 Å². The molecule has 3 heterocycles. The highest BCUT2D eigenvalue weighted by molar-refractivity contribution is 7.71. The van der Waals surface area contributed by atoms with Gasteiger partial charge in [-0.25, -0.2) is 0 Å². The molecule has 29 heavy (non-hydrogen) atoms. The molecule has 2 atom stereocenters. The fraction of sp³-hybridized carbons (Fsp3) is 0.500. The van der Waals surface area contributed by atoms with Crippen LogP contribution in [-0.2, 0) is 6.42 Å². The van der Waals surface area contributed by atoms with E-state index in [1.807, 2.05) is 31.9 Å². The molecule has 0 saturated carbocycles. The lowest BCUT2D eigenvalue weighted by atomic mass is 9.87. The lowest BCUT2D eigenvalue weighted by molar-refractivity contribution is 0.170. The summed E-state index contributed by atoms with van der Waals surface area (Å²) in [4.78, 5) is 17.8. The summed E-state index contributed by atoms with van der Waals surface area (Å²) in [7, 11) is 3.49. The van der Waals surface area contributed by atoms with E-state index in [2.05, 4.69) is 4.98 Å². The molecule has 0 saturated heterocycles. The number of aromatic nitrogens is 2. The molecule has 0 radical (unpaired) electrons. The average Bonchev–Trinajstić information content (AvgIpc) is 3.15. The number of aromatic amines is 1. The van der Waals surface area contributed by atoms with Crippen LogP contribution in [-0.4, -0.2) is 47.1 Å². The third-order valence-electron chi connectivity index (χ3n) is 5.85. The summed E-state index contributed by atoms with van der Waals surface area (Å²) in [6, 6.07) is 1.36. The van der Waals surface area contributed by atoms with Gasteiger partial charge in [0.25, 0.3) is 5.56 Å². The maximum atomic E-state index is 13.0. The number of methoxy groups -OCH3 is 1. The Bertz CT molecular complexity index is 1080. The zero-order valence-corrected chi connectivity index (χ0v) is 17.8. The second kappa shape index (κ2) is 7.38. The largest absolute Gasteiger partial charge is 0.494 e. The number of likely N-dealkylation sites (N-methyl/N-ethyl adjacent to an activating group) is 1. The molecular weight excluding hydrogens is 394 g/mol. The molecule has 0 fully saturated rings. The van der Waals surface area contributed by atoms with E-state index in [4.69, 9.17) is 26.4 Å². The van der Waals surface area contributed by atoms with Crippen molar-refractivity contribution >= 4 is 12.2 Å². The molecule has 2 aliphatic rings. The quantitative estimate of drug-likeness (QED) is 0.737. The fourth-order valence-electron chi connectivity index (χ4n) is 4.19. The maximum absolute atomic E-state index is 13.0. The van der Waals surface area contributed by atoms with Crippen molar-refractivity contribution in [2.24, 2.45) is 0 Å². The minimum absolute atomic E-state index is 0.0647. The van der Waals surface area contributed by atoms with Gasteiger partial charge in [-0.05, 0) is 50.7 Å². The topological polar surface area (TPSA) is 89.0 Å². The van der Waals surface area contributed by atoms with Gasteiger partial charge in [0.2, 0.25) is 18.4 Å². The first kappa shape index (κ1) is 19.8. The molecule has 0 amide bonds. The van der Waals surface area contributed by atoms with E-state index in [0.29, 0.717) is 23.8 Å². The van der Waals surface area contributed by atoms with Gasteiger partial charge in [0.15, 0.2) is 16.3 Å². The normalized spacial score (nSPS) is 19.1. The van der Waals surface area contributed by atoms with Crippen LogP contribution in [0.1, 0.15) is 49.0 Å². The molecule has 2 N–H and O–H groups in total. The van der Waals surface area contributed by atoms with Gasteiger partial charge in [0, 0.05) is 18.2 Å². The number of hydrogen-bond donors (Lipinski definition) is 2. The molecule has 1 aromatic heterocycles. The minimum Gasteiger partial charge on any atom is -0.494 e. The van der Waals surface area contributed by atoms with Crippen molar-refractivity contribution in [3.05, 3.63) is 37.9 Å². The minimum atomic E-state index is -0.516. The molecule has 8 nitrogen and oxygen atoms in total. The monoisotopic (exact) mass is 419 g/mol. The Hall–Kier alpha value is -2.52. The van der Waals surface area contributed by atoms with Crippen molar-refractivity contribution in [3.8, 4) is 23.1 Å². The van der Waals surface area contributed by atoms with Crippen LogP contribution in [0.4, 0.5) is 0 Å². The van der Waals surface area contributed by atoms with Crippen LogP contribution in [0.25, 0.3) is 0 Å². The highest BCUT2D eigenvalue weighted by Gasteiger charge is 2.38. The van der Waals surface area contributed by atoms with Gasteiger partial charge in [0.05, 0.1) is 18.7 Å². The zero-order chi connectivity index (χ0) is 20.9. The SMILES string of the molecule is CC[C@@H](C)n1c(O)c([C@H]2c3c(cc4c(c3OC)OCO4)CCN2C)c(=O)[nH]c1=S. The molecule has 0 unspecified atom stereocenters. The van der Waals surface area contributed by atoms with Gasteiger partial charge in [-0.15, -0.1) is 0 Å². The van der Waals surface area contributed by atoms with Gasteiger partial charge in [-0.1, -0.05) is 6.92 Å². The van der Waals surface area contributed by atoms with Gasteiger partial charge in [-0.3, -0.25) is 19.2 Å². The molecule has 2 aromatic rings. The summed E-state index contributed by atoms with van der Waals surface area (Å²) >= 11 is 5.32. The number of hydrogen-bond acceptors (Lipinski definition) is 7. The molecule has 0 bridgehead atoms. The molecule has 1 aromatic carbocycles. The zero-order valence-electron chi connectivity index (χ0n) is 16.9. The molecule has 9 heteroatoms. The molecule has 156 valence electrons. The number of ether oxygens (including phenoxy) is 3. The summed E-state index contributed by atoms with van der Waals surface area (Å²) in [5, 5.41) is 11.2. The van der Waals surface area contributed by atoms with E-state index in [0.717, 1.165) is 24.0 Å². The Labute approximate surface area is 173 Å². The Morgan fingerprint density at radius 1 is 1.41 bits per heavy atom. The summed E-state index contributed by atoms with van der Waals surface area (Å²) in [6.07, 6.45) is 1.52. The van der Waals surface area contributed by atoms with Crippen LogP contribution in [0.15, 0.2) is 10.9 Å². The molecule has 2 aliphatic heterocycles. The number of nitrogens with zero attached hydrogens (tertiary/aromatic N) is 2. The van der Waals surface area contributed by atoms with Crippen molar-refractivity contribution in [3.63, 3.8) is 0 Å². The third-order valence-corrected chi connectivity index (χ3v) is 6.15. The number of nitrogens with one attached hydrogen (secondary N) is 1. The lowest BCUT2D eigenvalue weighted by Crippen LogP contribution is -2.37. The van der Waals surface area contributed by atoms with E-state index in [-0.39, 0.29) is 29.0 Å². The summed E-state index contributed by atoms with van der Waals surface area (Å²) in [5.74, 6) is 1.58. The van der Waals surface area contributed by atoms with E-state index >= 15 is 0 Å². The van der Waals surface area contributed by atoms with Crippen molar-refractivity contribution in [2.45, 2.75) is 38.8 Å². The van der Waals surface area contributed by atoms with Crippen molar-refractivity contribution in [1.29, 1.82) is 0 Å². The average molecular weight is 420 g/mol. The first-order valence-corrected chi connectivity index (χ1v) is 10.1. The number of benzene rings is 1. The smallest absolute Gasteiger partial charge is 0.260 e. The first-order valence-electron chi connectivity index (χ1n) is 9.66. The van der Waals surface area contributed by atoms with Crippen LogP contribution in [0.5, 0.6) is 23.1 Å². The maximum Gasteiger partial charge on any atom is 0.260 e. The van der Waals surface area contributed by atoms with E-state index in [9.17, 15) is 9.90 Å². The fourth-order valence-corrected chi connectivity index (χ4v) is 4.55. The van der Waals surface area contributed by atoms with Gasteiger partial charge >= 0.3 is 0 Å². The van der Waals surface area contributed by atoms with Crippen molar-refractivity contribution < 1.29 is 19.3 Å². The van der Waals surface area contributed by atoms with Crippen LogP contribution in [0, 0.1) is 4.77 Å². The Morgan fingerprint density at radius 3 is 2.86 bits per heavy atom. The molecule has 4 rings (SSSR count). The number of aromatic hydroxyl groups is 1. The van der Waals surface area contributed by atoms with Gasteiger partial charge < -0.3 is 19.3 Å². The lowest BCUT2D eigenvalue weighted by Gasteiger charge is -2.36. The van der Waals surface area contributed by atoms with Crippen molar-refractivity contribution in [2.75, 3.05) is 27.5 Å². The first-order chi connectivity index (χ1) is 13.9. The van der Waals surface area contributed by atoms with Gasteiger partial charge in [-0.2, -0.15) is 0 Å². The third kappa shape index (κ3) is 3.00. The van der Waals surface area contributed by atoms with Crippen LogP contribution in [0.3, 0.4) is 0 Å². The van der Waals surface area contributed by atoms with E-state index in [1.165, 1.54) is 0 Å². The highest BCUT2D eigenvalue weighted by atomic mass is 32.1. The Morgan fingerprint density at radius 2 is 2.17 bits per heavy atom. The molecular formula is C20H25N3O5S. The highest BCUT2D eigenvalue weighted by Crippen LogP contribution is 2.51. The van der Waals surface area contributed by atoms with E-state index < -0.39 is 11.6 Å². The van der Waals surface area contributed by atoms with Gasteiger partial charge in [0.1, 0.15) is 0 Å². The standard InChI is InChI=1S/C20H25N3O5S/c1-5-10(2)23-19(25)14(18(24)21-20(23)29)15-13-11(6-7-22(15)3)8-12-16(17(13)26-4)28-9-27-12/h8,10,15,25H,5-7,9H2,1-4H3,(H,21,24,29)/t10-,15-/m1/s1. The second-order valence-corrected chi connectivity index (χ2v) is 7.86. The second-order valence-electron chi connectivity index (χ2n) is 7.47. The predicted octanol–water partition coefficient (Wildman–Crippen LogP) is 2.90. The molecule has 0 spiro atoms. The Kier molecular flexibility index (Phi) is 5.04. The van der Waals surface area contributed by atoms with Crippen molar-refractivity contribution in [1.82, 2.24) is 14.5 Å². The Balaban J connectivity index is 2.01. The predicted molar refractivity (Wildman–Crippen MR) is 110 cm³/mol. The summed E-state index contributed by atoms with van der Waals surface area (Å²) < 4.78 is 18.7. The van der Waals surface area contributed by atoms with Crippen LogP contribution >= 0.6 is 12.2 Å². The number of H-pyrrole nitrogens is 1. The number of rotatable bonds is 4. The number of fused-ring (bicyclic) bond motifs is 2. The molecule has 0 aliphatic carbocycles. The summed E-state index contributed by atoms with van der Waals surface area (Å²) in [5.41, 5.74) is 1.65. The summed E-state index contributed by atoms with van der Waals surface area (Å²) in [6.45, 7) is 4.79. The van der Waals surface area contributed by atoms with Crippen LogP contribution in [0.2, 0.25) is 0 Å².